The summed E-state index contributed by atoms with van der Waals surface area (Å²) in [5.41, 5.74) is 0. The zero-order valence-electron chi connectivity index (χ0n) is 11.2. The fourth-order valence-electron chi connectivity index (χ4n) is 1.93. The van der Waals surface area contributed by atoms with E-state index in [2.05, 4.69) is 5.32 Å². The third kappa shape index (κ3) is 3.11. The molecule has 0 aliphatic carbocycles. The van der Waals surface area contributed by atoms with Crippen LogP contribution in [0.15, 0.2) is 54.6 Å². The van der Waals surface area contributed by atoms with Crippen LogP contribution in [0.3, 0.4) is 0 Å². The fourth-order valence-corrected chi connectivity index (χ4v) is 3.53. The molecule has 1 heterocycles. The molecule has 0 saturated carbocycles. The number of benzene rings is 2. The maximum absolute atomic E-state index is 12.3. The van der Waals surface area contributed by atoms with Gasteiger partial charge in [0.15, 0.2) is 0 Å². The lowest BCUT2D eigenvalue weighted by atomic mass is 10.2. The van der Waals surface area contributed by atoms with E-state index in [1.165, 1.54) is 11.3 Å². The van der Waals surface area contributed by atoms with Gasteiger partial charge in [0.1, 0.15) is 10.6 Å². The third-order valence-electron chi connectivity index (χ3n) is 2.91. The molecule has 1 amide bonds. The quantitative estimate of drug-likeness (QED) is 0.686. The van der Waals surface area contributed by atoms with E-state index >= 15 is 0 Å². The molecule has 0 aliphatic heterocycles. The van der Waals surface area contributed by atoms with Gasteiger partial charge in [0.25, 0.3) is 11.1 Å². The van der Waals surface area contributed by atoms with E-state index in [9.17, 15) is 4.79 Å². The molecule has 3 aromatic rings. The predicted octanol–water partition coefficient (Wildman–Crippen LogP) is 4.65. The van der Waals surface area contributed by atoms with E-state index in [0.717, 1.165) is 10.1 Å². The van der Waals surface area contributed by atoms with Crippen molar-refractivity contribution in [3.63, 3.8) is 0 Å². The molecule has 0 fully saturated rings. The first-order valence-corrected chi connectivity index (χ1v) is 8.00. The number of nitrogens with one attached hydrogen (secondary N) is 1. The molecule has 6 heteroatoms. The SMILES string of the molecule is O=C(NC(=S)Oc1ccccc1)c1sc2ccccc2c1Cl. The highest BCUT2D eigenvalue weighted by molar-refractivity contribution is 7.80. The highest BCUT2D eigenvalue weighted by Gasteiger charge is 2.18. The van der Waals surface area contributed by atoms with Gasteiger partial charge in [-0.1, -0.05) is 48.0 Å². The molecule has 0 spiro atoms. The summed E-state index contributed by atoms with van der Waals surface area (Å²) in [7, 11) is 0. The van der Waals surface area contributed by atoms with Crippen molar-refractivity contribution in [1.82, 2.24) is 5.32 Å². The highest BCUT2D eigenvalue weighted by atomic mass is 35.5. The molecule has 1 N–H and O–H groups in total. The Kier molecular flexibility index (Phi) is 4.38. The van der Waals surface area contributed by atoms with Crippen LogP contribution in [-0.2, 0) is 0 Å². The van der Waals surface area contributed by atoms with Crippen molar-refractivity contribution in [3.8, 4) is 5.75 Å². The van der Waals surface area contributed by atoms with Gasteiger partial charge in [-0.25, -0.2) is 0 Å². The lowest BCUT2D eigenvalue weighted by Gasteiger charge is -2.07. The molecule has 3 rings (SSSR count). The van der Waals surface area contributed by atoms with Crippen molar-refractivity contribution in [2.75, 3.05) is 0 Å². The molecule has 0 unspecified atom stereocenters. The van der Waals surface area contributed by atoms with E-state index in [1.807, 2.05) is 42.5 Å². The predicted molar refractivity (Wildman–Crippen MR) is 94.0 cm³/mol. The Morgan fingerprint density at radius 1 is 1.09 bits per heavy atom. The minimum absolute atomic E-state index is 0.00952. The van der Waals surface area contributed by atoms with Crippen molar-refractivity contribution in [3.05, 3.63) is 64.5 Å². The van der Waals surface area contributed by atoms with Crippen LogP contribution >= 0.6 is 35.2 Å². The number of halogens is 1. The summed E-state index contributed by atoms with van der Waals surface area (Å²) in [4.78, 5) is 12.7. The normalized spacial score (nSPS) is 10.4. The number of carbonyl (C=O) groups excluding carboxylic acids is 1. The topological polar surface area (TPSA) is 38.3 Å². The molecular formula is C16H10ClNO2S2. The Balaban J connectivity index is 1.76. The van der Waals surface area contributed by atoms with Crippen LogP contribution in [0, 0.1) is 0 Å². The van der Waals surface area contributed by atoms with Crippen LogP contribution in [-0.4, -0.2) is 11.1 Å². The molecule has 3 nitrogen and oxygen atoms in total. The summed E-state index contributed by atoms with van der Waals surface area (Å²) in [6, 6.07) is 16.6. The largest absolute Gasteiger partial charge is 0.432 e. The molecule has 0 atom stereocenters. The molecule has 110 valence electrons. The van der Waals surface area contributed by atoms with Crippen LogP contribution in [0.5, 0.6) is 5.75 Å². The maximum atomic E-state index is 12.3. The second kappa shape index (κ2) is 6.44. The van der Waals surface area contributed by atoms with Gasteiger partial charge in [0, 0.05) is 10.1 Å². The summed E-state index contributed by atoms with van der Waals surface area (Å²) >= 11 is 12.6. The first-order chi connectivity index (χ1) is 10.6. The number of thiocarbonyl (C=S) groups is 1. The van der Waals surface area contributed by atoms with Crippen molar-refractivity contribution in [2.45, 2.75) is 0 Å². The second-order valence-electron chi connectivity index (χ2n) is 4.40. The van der Waals surface area contributed by atoms with Gasteiger partial charge >= 0.3 is 0 Å². The van der Waals surface area contributed by atoms with Crippen LogP contribution in [0.1, 0.15) is 9.67 Å². The lowest BCUT2D eigenvalue weighted by molar-refractivity contribution is 0.0977. The second-order valence-corrected chi connectivity index (χ2v) is 6.20. The number of hydrogen-bond acceptors (Lipinski definition) is 4. The number of carbonyl (C=O) groups is 1. The molecule has 1 aromatic heterocycles. The van der Waals surface area contributed by atoms with E-state index in [1.54, 1.807) is 12.1 Å². The molecule has 0 saturated heterocycles. The Hall–Kier alpha value is -1.95. The third-order valence-corrected chi connectivity index (χ3v) is 4.77. The van der Waals surface area contributed by atoms with Crippen LogP contribution in [0.4, 0.5) is 0 Å². The molecule has 22 heavy (non-hydrogen) atoms. The monoisotopic (exact) mass is 347 g/mol. The number of amides is 1. The first-order valence-electron chi connectivity index (χ1n) is 6.40. The average molecular weight is 348 g/mol. The van der Waals surface area contributed by atoms with Gasteiger partial charge in [0.05, 0.1) is 5.02 Å². The number of rotatable bonds is 2. The van der Waals surface area contributed by atoms with E-state index in [4.69, 9.17) is 28.6 Å². The molecule has 2 aromatic carbocycles. The smallest absolute Gasteiger partial charge is 0.270 e. The molecule has 0 radical (unpaired) electrons. The minimum atomic E-state index is -0.368. The molecule has 0 aliphatic rings. The minimum Gasteiger partial charge on any atom is -0.432 e. The van der Waals surface area contributed by atoms with E-state index < -0.39 is 0 Å². The number of para-hydroxylation sites is 1. The molecule has 0 bridgehead atoms. The van der Waals surface area contributed by atoms with Crippen molar-refractivity contribution in [2.24, 2.45) is 0 Å². The number of ether oxygens (including phenoxy) is 1. The number of thiophene rings is 1. The summed E-state index contributed by atoms with van der Waals surface area (Å²) in [6.45, 7) is 0. The van der Waals surface area contributed by atoms with Gasteiger partial charge in [-0.2, -0.15) is 0 Å². The van der Waals surface area contributed by atoms with Gasteiger partial charge in [-0.05, 0) is 30.4 Å². The Bertz CT molecular complexity index is 846. The Morgan fingerprint density at radius 2 is 1.77 bits per heavy atom. The van der Waals surface area contributed by atoms with Crippen LogP contribution in [0.25, 0.3) is 10.1 Å². The average Bonchev–Trinajstić information content (AvgIpc) is 2.86. The van der Waals surface area contributed by atoms with E-state index in [0.29, 0.717) is 15.6 Å². The van der Waals surface area contributed by atoms with Gasteiger partial charge in [0.2, 0.25) is 0 Å². The summed E-state index contributed by atoms with van der Waals surface area (Å²) < 4.78 is 6.33. The van der Waals surface area contributed by atoms with Crippen LogP contribution in [0.2, 0.25) is 5.02 Å². The summed E-state index contributed by atoms with van der Waals surface area (Å²) in [5.74, 6) is 0.197. The first kappa shape index (κ1) is 15.0. The zero-order chi connectivity index (χ0) is 15.5. The fraction of sp³-hybridized carbons (Fsp3) is 0. The summed E-state index contributed by atoms with van der Waals surface area (Å²) in [5, 5.41) is 3.82. The van der Waals surface area contributed by atoms with Crippen molar-refractivity contribution >= 4 is 56.3 Å². The maximum Gasteiger partial charge on any atom is 0.270 e. The lowest BCUT2D eigenvalue weighted by Crippen LogP contribution is -2.32. The van der Waals surface area contributed by atoms with Crippen LogP contribution < -0.4 is 10.1 Å². The summed E-state index contributed by atoms with van der Waals surface area (Å²) in [6.07, 6.45) is 0. The molecular weight excluding hydrogens is 338 g/mol. The van der Waals surface area contributed by atoms with Gasteiger partial charge < -0.3 is 4.74 Å². The Morgan fingerprint density at radius 3 is 2.50 bits per heavy atom. The van der Waals surface area contributed by atoms with Crippen molar-refractivity contribution in [1.29, 1.82) is 0 Å². The van der Waals surface area contributed by atoms with Gasteiger partial charge in [-0.3, -0.25) is 10.1 Å². The standard InChI is InChI=1S/C16H10ClNO2S2/c17-13-11-8-4-5-9-12(11)22-14(13)15(19)18-16(21)20-10-6-2-1-3-7-10/h1-9H,(H,18,19,21). The van der Waals surface area contributed by atoms with Gasteiger partial charge in [-0.15, -0.1) is 11.3 Å². The van der Waals surface area contributed by atoms with E-state index in [-0.39, 0.29) is 11.1 Å². The highest BCUT2D eigenvalue weighted by Crippen LogP contribution is 2.34. The Labute approximate surface area is 141 Å². The number of fused-ring (bicyclic) bond motifs is 1. The zero-order valence-corrected chi connectivity index (χ0v) is 13.6. The van der Waals surface area contributed by atoms with Crippen molar-refractivity contribution < 1.29 is 9.53 Å². The number of hydrogen-bond donors (Lipinski definition) is 1.